The Labute approximate surface area is 198 Å². The number of benzene rings is 1. The van der Waals surface area contributed by atoms with Crippen molar-refractivity contribution in [2.75, 3.05) is 7.11 Å². The summed E-state index contributed by atoms with van der Waals surface area (Å²) in [5.41, 5.74) is 1.77. The van der Waals surface area contributed by atoms with E-state index in [4.69, 9.17) is 9.72 Å². The average Bonchev–Trinajstić information content (AvgIpc) is 3.47. The number of nitrogens with one attached hydrogen (secondary N) is 1. The van der Waals surface area contributed by atoms with Crippen LogP contribution >= 0.6 is 34.4 Å². The van der Waals surface area contributed by atoms with Gasteiger partial charge < -0.3 is 10.1 Å². The number of thiophene rings is 2. The van der Waals surface area contributed by atoms with Gasteiger partial charge in [0.05, 0.1) is 17.7 Å². The van der Waals surface area contributed by atoms with Gasteiger partial charge in [-0.15, -0.1) is 22.7 Å². The molecule has 0 aliphatic rings. The molecule has 1 aromatic carbocycles. The molecule has 166 valence electrons. The van der Waals surface area contributed by atoms with E-state index in [9.17, 15) is 9.59 Å². The first-order valence-corrected chi connectivity index (χ1v) is 12.8. The fourth-order valence-electron chi connectivity index (χ4n) is 3.37. The molecule has 0 saturated heterocycles. The SMILES string of the molecule is CCn1c(SC(C)C(=O)NCc2ccccc2OC)nc2scc(-c3cccs3)c2c1=O. The van der Waals surface area contributed by atoms with Crippen molar-refractivity contribution in [1.82, 2.24) is 14.9 Å². The summed E-state index contributed by atoms with van der Waals surface area (Å²) < 4.78 is 7.00. The molecule has 1 atom stereocenters. The molecule has 4 rings (SSSR count). The lowest BCUT2D eigenvalue weighted by Gasteiger charge is -2.15. The van der Waals surface area contributed by atoms with E-state index in [2.05, 4.69) is 5.32 Å². The maximum absolute atomic E-state index is 13.3. The maximum Gasteiger partial charge on any atom is 0.263 e. The number of para-hydroxylation sites is 1. The number of nitrogens with zero attached hydrogens (tertiary/aromatic N) is 2. The number of hydrogen-bond acceptors (Lipinski definition) is 7. The lowest BCUT2D eigenvalue weighted by Crippen LogP contribution is -2.31. The van der Waals surface area contributed by atoms with Crippen LogP contribution in [0.15, 0.2) is 57.1 Å². The molecule has 4 aromatic rings. The molecule has 3 aromatic heterocycles. The van der Waals surface area contributed by atoms with Gasteiger partial charge in [0.2, 0.25) is 5.91 Å². The topological polar surface area (TPSA) is 73.2 Å². The Morgan fingerprint density at radius 1 is 1.25 bits per heavy atom. The molecule has 32 heavy (non-hydrogen) atoms. The minimum absolute atomic E-state index is 0.0636. The highest BCUT2D eigenvalue weighted by Crippen LogP contribution is 2.35. The van der Waals surface area contributed by atoms with Crippen molar-refractivity contribution in [3.8, 4) is 16.2 Å². The van der Waals surface area contributed by atoms with Crippen molar-refractivity contribution in [1.29, 1.82) is 0 Å². The molecule has 0 spiro atoms. The van der Waals surface area contributed by atoms with Crippen LogP contribution in [0.1, 0.15) is 19.4 Å². The molecular formula is C23H23N3O3S3. The number of rotatable bonds is 8. The smallest absolute Gasteiger partial charge is 0.263 e. The number of methoxy groups -OCH3 is 1. The monoisotopic (exact) mass is 485 g/mol. The Balaban J connectivity index is 1.55. The van der Waals surface area contributed by atoms with Crippen molar-refractivity contribution >= 4 is 50.6 Å². The Morgan fingerprint density at radius 2 is 2.06 bits per heavy atom. The number of fused-ring (bicyclic) bond motifs is 1. The fraction of sp³-hybridized carbons (Fsp3) is 0.261. The van der Waals surface area contributed by atoms with E-state index >= 15 is 0 Å². The Hall–Kier alpha value is -2.62. The average molecular weight is 486 g/mol. The van der Waals surface area contributed by atoms with Crippen molar-refractivity contribution in [3.63, 3.8) is 0 Å². The third-order valence-electron chi connectivity index (χ3n) is 5.06. The van der Waals surface area contributed by atoms with Gasteiger partial charge in [0.25, 0.3) is 5.56 Å². The standard InChI is InChI=1S/C23H23N3O3S3/c1-4-26-22(28)19-16(18-10-7-11-30-18)13-31-21(19)25-23(26)32-14(2)20(27)24-12-15-8-5-6-9-17(15)29-3/h5-11,13-14H,4,12H2,1-3H3,(H,24,27). The predicted molar refractivity (Wildman–Crippen MR) is 133 cm³/mol. The number of carbonyl (C=O) groups excluding carboxylic acids is 1. The quantitative estimate of drug-likeness (QED) is 0.280. The fourth-order valence-corrected chi connectivity index (χ4v) is 6.17. The Kier molecular flexibility index (Phi) is 6.98. The maximum atomic E-state index is 13.3. The van der Waals surface area contributed by atoms with Crippen LogP contribution in [-0.4, -0.2) is 27.8 Å². The van der Waals surface area contributed by atoms with E-state index < -0.39 is 5.25 Å². The van der Waals surface area contributed by atoms with Gasteiger partial charge in [0, 0.05) is 34.5 Å². The molecule has 0 bridgehead atoms. The van der Waals surface area contributed by atoms with Crippen LogP contribution in [0.4, 0.5) is 0 Å². The summed E-state index contributed by atoms with van der Waals surface area (Å²) in [4.78, 5) is 32.6. The molecule has 3 heterocycles. The third-order valence-corrected chi connectivity index (χ3v) is 7.92. The number of ether oxygens (including phenoxy) is 1. The third kappa shape index (κ3) is 4.46. The van der Waals surface area contributed by atoms with Crippen LogP contribution in [0.5, 0.6) is 5.75 Å². The van der Waals surface area contributed by atoms with Gasteiger partial charge in [-0.25, -0.2) is 4.98 Å². The van der Waals surface area contributed by atoms with E-state index in [-0.39, 0.29) is 11.5 Å². The first-order valence-electron chi connectivity index (χ1n) is 10.2. The molecular weight excluding hydrogens is 462 g/mol. The molecule has 0 aliphatic carbocycles. The summed E-state index contributed by atoms with van der Waals surface area (Å²) in [7, 11) is 1.61. The highest BCUT2D eigenvalue weighted by molar-refractivity contribution is 8.00. The Morgan fingerprint density at radius 3 is 2.78 bits per heavy atom. The predicted octanol–water partition coefficient (Wildman–Crippen LogP) is 5.01. The molecule has 0 fully saturated rings. The van der Waals surface area contributed by atoms with Gasteiger partial charge in [-0.3, -0.25) is 14.2 Å². The van der Waals surface area contributed by atoms with Crippen LogP contribution in [0.2, 0.25) is 0 Å². The summed E-state index contributed by atoms with van der Waals surface area (Å²) in [6.45, 7) is 4.60. The zero-order valence-corrected chi connectivity index (χ0v) is 20.4. The molecule has 0 radical (unpaired) electrons. The number of carbonyl (C=O) groups is 1. The van der Waals surface area contributed by atoms with Crippen molar-refractivity contribution in [3.05, 3.63) is 63.1 Å². The van der Waals surface area contributed by atoms with Crippen LogP contribution < -0.4 is 15.6 Å². The number of hydrogen-bond donors (Lipinski definition) is 1. The van der Waals surface area contributed by atoms with Gasteiger partial charge in [0.1, 0.15) is 10.6 Å². The van der Waals surface area contributed by atoms with E-state index in [0.717, 1.165) is 21.8 Å². The molecule has 6 nitrogen and oxygen atoms in total. The zero-order valence-electron chi connectivity index (χ0n) is 18.0. The van der Waals surface area contributed by atoms with Crippen molar-refractivity contribution in [2.45, 2.75) is 37.3 Å². The molecule has 0 saturated carbocycles. The lowest BCUT2D eigenvalue weighted by molar-refractivity contribution is -0.120. The molecule has 1 amide bonds. The highest BCUT2D eigenvalue weighted by Gasteiger charge is 2.21. The molecule has 1 unspecified atom stereocenters. The summed E-state index contributed by atoms with van der Waals surface area (Å²) in [5.74, 6) is 0.614. The number of amides is 1. The second kappa shape index (κ2) is 9.89. The second-order valence-corrected chi connectivity index (χ2v) is 10.2. The van der Waals surface area contributed by atoms with Crippen molar-refractivity contribution < 1.29 is 9.53 Å². The second-order valence-electron chi connectivity index (χ2n) is 7.04. The largest absolute Gasteiger partial charge is 0.496 e. The van der Waals surface area contributed by atoms with E-state index in [1.165, 1.54) is 23.1 Å². The molecule has 9 heteroatoms. The first-order chi connectivity index (χ1) is 15.5. The van der Waals surface area contributed by atoms with E-state index in [1.54, 1.807) is 23.0 Å². The highest BCUT2D eigenvalue weighted by atomic mass is 32.2. The first kappa shape index (κ1) is 22.6. The van der Waals surface area contributed by atoms with Crippen LogP contribution in [-0.2, 0) is 17.9 Å². The van der Waals surface area contributed by atoms with Crippen molar-refractivity contribution in [2.24, 2.45) is 0 Å². The number of aromatic nitrogens is 2. The summed E-state index contributed by atoms with van der Waals surface area (Å²) in [6.07, 6.45) is 0. The minimum Gasteiger partial charge on any atom is -0.496 e. The van der Waals surface area contributed by atoms with Gasteiger partial charge >= 0.3 is 0 Å². The van der Waals surface area contributed by atoms with Crippen LogP contribution in [0.25, 0.3) is 20.7 Å². The molecule has 0 aliphatic heterocycles. The minimum atomic E-state index is -0.413. The summed E-state index contributed by atoms with van der Waals surface area (Å²) >= 11 is 4.37. The van der Waals surface area contributed by atoms with Crippen LogP contribution in [0.3, 0.4) is 0 Å². The van der Waals surface area contributed by atoms with Gasteiger partial charge in [-0.2, -0.15) is 0 Å². The Bertz CT molecular complexity index is 1300. The normalized spacial score (nSPS) is 12.1. The van der Waals surface area contributed by atoms with Gasteiger partial charge in [-0.05, 0) is 31.4 Å². The molecule has 1 N–H and O–H groups in total. The van der Waals surface area contributed by atoms with Gasteiger partial charge in [0.15, 0.2) is 5.16 Å². The van der Waals surface area contributed by atoms with Crippen LogP contribution in [0, 0.1) is 0 Å². The van der Waals surface area contributed by atoms with E-state index in [0.29, 0.717) is 28.5 Å². The summed E-state index contributed by atoms with van der Waals surface area (Å²) in [5, 5.41) is 7.74. The lowest BCUT2D eigenvalue weighted by atomic mass is 10.2. The number of thioether (sulfide) groups is 1. The van der Waals surface area contributed by atoms with Gasteiger partial charge in [-0.1, -0.05) is 36.0 Å². The summed E-state index contributed by atoms with van der Waals surface area (Å²) in [6, 6.07) is 11.6. The zero-order chi connectivity index (χ0) is 22.7. The van der Waals surface area contributed by atoms with E-state index in [1.807, 2.05) is 61.0 Å².